The highest BCUT2D eigenvalue weighted by Crippen LogP contribution is 2.12. The highest BCUT2D eigenvalue weighted by atomic mass is 16.5. The number of rotatable bonds is 9. The Bertz CT molecular complexity index is 1040. The zero-order chi connectivity index (χ0) is 21.7. The maximum absolute atomic E-state index is 5.78. The molecule has 3 aromatic carbocycles. The van der Waals surface area contributed by atoms with E-state index in [0.29, 0.717) is 6.61 Å². The predicted molar refractivity (Wildman–Crippen MR) is 132 cm³/mol. The lowest BCUT2D eigenvalue weighted by Gasteiger charge is -2.05. The molecular formula is C30H30O. The maximum Gasteiger partial charge on any atom is 0.0729 e. The molecule has 156 valence electrons. The first kappa shape index (κ1) is 22.3. The standard InChI is InChI=1S/C30H30O/c1-3-5-8-23-31-24-30-10-7-6-9-29(30)22-21-28-19-17-27(18-20-28)16-15-26-13-11-25(4-2)12-14-26/h3-7,9-14,17-20H,2,8,15-16,23-24H2,1H3. The summed E-state index contributed by atoms with van der Waals surface area (Å²) in [6, 6.07) is 25.4. The fraction of sp³-hybridized carbons (Fsp3) is 0.200. The topological polar surface area (TPSA) is 9.23 Å². The molecule has 0 spiro atoms. The van der Waals surface area contributed by atoms with Crippen LogP contribution in [0.3, 0.4) is 0 Å². The maximum atomic E-state index is 5.78. The van der Waals surface area contributed by atoms with Crippen molar-refractivity contribution in [2.24, 2.45) is 0 Å². The molecular weight excluding hydrogens is 376 g/mol. The first-order chi connectivity index (χ1) is 15.3. The number of hydrogen-bond acceptors (Lipinski definition) is 1. The predicted octanol–water partition coefficient (Wildman–Crippen LogP) is 7.00. The van der Waals surface area contributed by atoms with Gasteiger partial charge in [-0.05, 0) is 66.6 Å². The zero-order valence-corrected chi connectivity index (χ0v) is 18.3. The van der Waals surface area contributed by atoms with E-state index in [2.05, 4.69) is 91.2 Å². The molecule has 0 N–H and O–H groups in total. The van der Waals surface area contributed by atoms with Crippen molar-refractivity contribution >= 4 is 6.08 Å². The van der Waals surface area contributed by atoms with Crippen molar-refractivity contribution in [2.75, 3.05) is 6.61 Å². The second-order valence-electron chi connectivity index (χ2n) is 7.46. The van der Waals surface area contributed by atoms with E-state index in [-0.39, 0.29) is 0 Å². The first-order valence-electron chi connectivity index (χ1n) is 10.9. The van der Waals surface area contributed by atoms with Crippen molar-refractivity contribution in [1.29, 1.82) is 0 Å². The smallest absolute Gasteiger partial charge is 0.0729 e. The number of benzene rings is 3. The fourth-order valence-electron chi connectivity index (χ4n) is 3.27. The van der Waals surface area contributed by atoms with Crippen LogP contribution >= 0.6 is 0 Å². The lowest BCUT2D eigenvalue weighted by Crippen LogP contribution is -1.97. The van der Waals surface area contributed by atoms with Crippen LogP contribution in [0.25, 0.3) is 6.08 Å². The summed E-state index contributed by atoms with van der Waals surface area (Å²) >= 11 is 0. The Balaban J connectivity index is 1.57. The van der Waals surface area contributed by atoms with E-state index in [0.717, 1.165) is 48.1 Å². The van der Waals surface area contributed by atoms with Gasteiger partial charge in [-0.3, -0.25) is 0 Å². The van der Waals surface area contributed by atoms with Crippen LogP contribution in [-0.2, 0) is 24.2 Å². The summed E-state index contributed by atoms with van der Waals surface area (Å²) in [6.45, 7) is 7.15. The quantitative estimate of drug-likeness (QED) is 0.211. The van der Waals surface area contributed by atoms with Gasteiger partial charge in [0.1, 0.15) is 0 Å². The molecule has 0 heterocycles. The minimum atomic E-state index is 0.592. The molecule has 3 rings (SSSR count). The van der Waals surface area contributed by atoms with E-state index < -0.39 is 0 Å². The minimum Gasteiger partial charge on any atom is -0.376 e. The Morgan fingerprint density at radius 1 is 0.839 bits per heavy atom. The molecule has 0 fully saturated rings. The van der Waals surface area contributed by atoms with E-state index in [1.165, 1.54) is 11.1 Å². The van der Waals surface area contributed by atoms with Gasteiger partial charge in [0, 0.05) is 11.1 Å². The molecule has 0 saturated carbocycles. The van der Waals surface area contributed by atoms with Gasteiger partial charge in [0.2, 0.25) is 0 Å². The summed E-state index contributed by atoms with van der Waals surface area (Å²) in [5.41, 5.74) is 7.03. The van der Waals surface area contributed by atoms with Crippen LogP contribution < -0.4 is 0 Å². The van der Waals surface area contributed by atoms with Crippen molar-refractivity contribution in [3.63, 3.8) is 0 Å². The van der Waals surface area contributed by atoms with Gasteiger partial charge < -0.3 is 4.74 Å². The number of hydrogen-bond donors (Lipinski definition) is 0. The van der Waals surface area contributed by atoms with Crippen LogP contribution in [-0.4, -0.2) is 6.61 Å². The monoisotopic (exact) mass is 406 g/mol. The lowest BCUT2D eigenvalue weighted by atomic mass is 10.0. The molecule has 0 saturated heterocycles. The Kier molecular flexibility index (Phi) is 8.92. The van der Waals surface area contributed by atoms with E-state index in [4.69, 9.17) is 4.74 Å². The van der Waals surface area contributed by atoms with Gasteiger partial charge in [-0.15, -0.1) is 0 Å². The van der Waals surface area contributed by atoms with Crippen LogP contribution in [0, 0.1) is 11.8 Å². The molecule has 0 radical (unpaired) electrons. The summed E-state index contributed by atoms with van der Waals surface area (Å²) in [5, 5.41) is 0. The van der Waals surface area contributed by atoms with Crippen molar-refractivity contribution < 1.29 is 4.74 Å². The molecule has 0 unspecified atom stereocenters. The van der Waals surface area contributed by atoms with Gasteiger partial charge >= 0.3 is 0 Å². The molecule has 0 aliphatic rings. The third kappa shape index (κ3) is 7.45. The zero-order valence-electron chi connectivity index (χ0n) is 18.3. The number of ether oxygens (including phenoxy) is 1. The number of aryl methyl sites for hydroxylation is 2. The molecule has 3 aromatic rings. The fourth-order valence-corrected chi connectivity index (χ4v) is 3.27. The first-order valence-corrected chi connectivity index (χ1v) is 10.9. The third-order valence-electron chi connectivity index (χ3n) is 5.15. The SMILES string of the molecule is C=Cc1ccc(CCc2ccc(C#Cc3ccccc3COCCC=CC)cc2)cc1. The van der Waals surface area contributed by atoms with Crippen LogP contribution in [0.5, 0.6) is 0 Å². The Morgan fingerprint density at radius 2 is 1.52 bits per heavy atom. The van der Waals surface area contributed by atoms with E-state index in [1.54, 1.807) is 0 Å². The molecule has 0 aliphatic carbocycles. The molecule has 31 heavy (non-hydrogen) atoms. The average molecular weight is 407 g/mol. The van der Waals surface area contributed by atoms with Crippen molar-refractivity contribution in [2.45, 2.75) is 32.8 Å². The molecule has 0 bridgehead atoms. The van der Waals surface area contributed by atoms with Gasteiger partial charge in [0.25, 0.3) is 0 Å². The Hall–Kier alpha value is -3.34. The summed E-state index contributed by atoms with van der Waals surface area (Å²) in [4.78, 5) is 0. The van der Waals surface area contributed by atoms with Gasteiger partial charge in [-0.25, -0.2) is 0 Å². The van der Waals surface area contributed by atoms with Crippen molar-refractivity contribution in [3.05, 3.63) is 125 Å². The second-order valence-corrected chi connectivity index (χ2v) is 7.46. The van der Waals surface area contributed by atoms with Crippen LogP contribution in [0.2, 0.25) is 0 Å². The minimum absolute atomic E-state index is 0.592. The van der Waals surface area contributed by atoms with E-state index in [9.17, 15) is 0 Å². The van der Waals surface area contributed by atoms with Crippen LogP contribution in [0.15, 0.2) is 91.5 Å². The van der Waals surface area contributed by atoms with Crippen LogP contribution in [0.1, 0.15) is 46.7 Å². The number of allylic oxidation sites excluding steroid dienone is 1. The summed E-state index contributed by atoms with van der Waals surface area (Å²) in [6.07, 6.45) is 9.04. The normalized spacial score (nSPS) is 10.6. The molecule has 1 nitrogen and oxygen atoms in total. The largest absolute Gasteiger partial charge is 0.376 e. The molecule has 0 aromatic heterocycles. The van der Waals surface area contributed by atoms with Crippen molar-refractivity contribution in [1.82, 2.24) is 0 Å². The van der Waals surface area contributed by atoms with Gasteiger partial charge in [-0.1, -0.05) is 91.2 Å². The highest BCUT2D eigenvalue weighted by Gasteiger charge is 2.00. The second kappa shape index (κ2) is 12.4. The van der Waals surface area contributed by atoms with E-state index in [1.807, 2.05) is 25.1 Å². The summed E-state index contributed by atoms with van der Waals surface area (Å²) < 4.78 is 5.78. The van der Waals surface area contributed by atoms with E-state index >= 15 is 0 Å². The molecule has 0 aliphatic heterocycles. The Morgan fingerprint density at radius 3 is 2.19 bits per heavy atom. The molecule has 1 heteroatoms. The third-order valence-corrected chi connectivity index (χ3v) is 5.15. The van der Waals surface area contributed by atoms with Crippen molar-refractivity contribution in [3.8, 4) is 11.8 Å². The molecule has 0 amide bonds. The Labute approximate surface area is 187 Å². The summed E-state index contributed by atoms with van der Waals surface area (Å²) in [5.74, 6) is 6.62. The van der Waals surface area contributed by atoms with Gasteiger partial charge in [0.05, 0.1) is 13.2 Å². The molecule has 0 atom stereocenters. The van der Waals surface area contributed by atoms with Crippen LogP contribution in [0.4, 0.5) is 0 Å². The highest BCUT2D eigenvalue weighted by molar-refractivity contribution is 5.48. The van der Waals surface area contributed by atoms with Gasteiger partial charge in [0.15, 0.2) is 0 Å². The van der Waals surface area contributed by atoms with Gasteiger partial charge in [-0.2, -0.15) is 0 Å². The average Bonchev–Trinajstić information content (AvgIpc) is 2.83. The lowest BCUT2D eigenvalue weighted by molar-refractivity contribution is 0.125. The summed E-state index contributed by atoms with van der Waals surface area (Å²) in [7, 11) is 0.